The van der Waals surface area contributed by atoms with Gasteiger partial charge in [0, 0.05) is 5.56 Å². The second-order valence-electron chi connectivity index (χ2n) is 3.83. The largest absolute Gasteiger partial charge is 0.493 e. The highest BCUT2D eigenvalue weighted by Crippen LogP contribution is 2.31. The first-order valence-corrected chi connectivity index (χ1v) is 5.69. The highest BCUT2D eigenvalue weighted by Gasteiger charge is 2.11. The summed E-state index contributed by atoms with van der Waals surface area (Å²) in [7, 11) is 1.49. The second kappa shape index (κ2) is 5.87. The molecule has 19 heavy (non-hydrogen) atoms. The van der Waals surface area contributed by atoms with E-state index >= 15 is 0 Å². The van der Waals surface area contributed by atoms with Crippen LogP contribution in [0.4, 0.5) is 4.39 Å². The summed E-state index contributed by atoms with van der Waals surface area (Å²) in [5.41, 5.74) is 0.785. The number of nitriles is 1. The molecular formula is C15H12FNO2. The molecule has 2 aromatic rings. The molecule has 0 aliphatic rings. The highest BCUT2D eigenvalue weighted by atomic mass is 19.1. The van der Waals surface area contributed by atoms with Crippen molar-refractivity contribution in [3.05, 3.63) is 59.4 Å². The highest BCUT2D eigenvalue weighted by molar-refractivity contribution is 5.52. The molecule has 0 unspecified atom stereocenters. The maximum atomic E-state index is 13.5. The van der Waals surface area contributed by atoms with Crippen molar-refractivity contribution in [1.82, 2.24) is 0 Å². The van der Waals surface area contributed by atoms with E-state index in [2.05, 4.69) is 0 Å². The van der Waals surface area contributed by atoms with Gasteiger partial charge in [-0.05, 0) is 18.2 Å². The Morgan fingerprint density at radius 1 is 1.16 bits per heavy atom. The smallest absolute Gasteiger partial charge is 0.179 e. The molecule has 4 heteroatoms. The number of nitrogens with zero attached hydrogens (tertiary/aromatic N) is 1. The quantitative estimate of drug-likeness (QED) is 0.844. The summed E-state index contributed by atoms with van der Waals surface area (Å²) in [6.45, 7) is 0.0434. The molecule has 3 nitrogen and oxygen atoms in total. The summed E-state index contributed by atoms with van der Waals surface area (Å²) in [5, 5.41) is 9.03. The molecule has 0 bridgehead atoms. The Labute approximate surface area is 110 Å². The van der Waals surface area contributed by atoms with Crippen molar-refractivity contribution < 1.29 is 13.9 Å². The molecule has 0 aliphatic heterocycles. The normalized spacial score (nSPS) is 9.74. The molecule has 0 radical (unpaired) electrons. The number of hydrogen-bond donors (Lipinski definition) is 0. The van der Waals surface area contributed by atoms with Crippen molar-refractivity contribution in [2.45, 2.75) is 6.61 Å². The minimum Gasteiger partial charge on any atom is -0.493 e. The van der Waals surface area contributed by atoms with Crippen LogP contribution in [0, 0.1) is 17.1 Å². The second-order valence-corrected chi connectivity index (χ2v) is 3.83. The SMILES string of the molecule is COc1cccc(C#N)c1OCc1ccccc1F. The van der Waals surface area contributed by atoms with Crippen LogP contribution in [0.15, 0.2) is 42.5 Å². The number of halogens is 1. The van der Waals surface area contributed by atoms with Crippen LogP contribution in [-0.4, -0.2) is 7.11 Å². The molecule has 0 fully saturated rings. The van der Waals surface area contributed by atoms with Crippen LogP contribution in [0.3, 0.4) is 0 Å². The minimum atomic E-state index is -0.337. The van der Waals surface area contributed by atoms with Gasteiger partial charge in [-0.3, -0.25) is 0 Å². The van der Waals surface area contributed by atoms with E-state index in [-0.39, 0.29) is 12.4 Å². The molecule has 96 valence electrons. The van der Waals surface area contributed by atoms with E-state index in [1.807, 2.05) is 6.07 Å². The fourth-order valence-electron chi connectivity index (χ4n) is 1.68. The van der Waals surface area contributed by atoms with Gasteiger partial charge in [-0.2, -0.15) is 5.26 Å². The van der Waals surface area contributed by atoms with Crippen molar-refractivity contribution in [2.24, 2.45) is 0 Å². The van der Waals surface area contributed by atoms with Crippen molar-refractivity contribution in [3.63, 3.8) is 0 Å². The minimum absolute atomic E-state index is 0.0434. The predicted molar refractivity (Wildman–Crippen MR) is 68.4 cm³/mol. The standard InChI is InChI=1S/C15H12FNO2/c1-18-14-8-4-6-11(9-17)15(14)19-10-12-5-2-3-7-13(12)16/h2-8H,10H2,1H3. The van der Waals surface area contributed by atoms with Crippen molar-refractivity contribution in [1.29, 1.82) is 5.26 Å². The molecule has 0 heterocycles. The van der Waals surface area contributed by atoms with Crippen LogP contribution in [0.1, 0.15) is 11.1 Å². The number of ether oxygens (including phenoxy) is 2. The summed E-state index contributed by atoms with van der Waals surface area (Å²) < 4.78 is 24.1. The van der Waals surface area contributed by atoms with E-state index in [1.165, 1.54) is 13.2 Å². The summed E-state index contributed by atoms with van der Waals surface area (Å²) in [4.78, 5) is 0. The number of benzene rings is 2. The molecule has 0 N–H and O–H groups in total. The molecule has 0 saturated heterocycles. The molecule has 0 spiro atoms. The van der Waals surface area contributed by atoms with Crippen LogP contribution in [0.25, 0.3) is 0 Å². The van der Waals surface area contributed by atoms with Crippen LogP contribution < -0.4 is 9.47 Å². The zero-order valence-corrected chi connectivity index (χ0v) is 10.4. The van der Waals surface area contributed by atoms with E-state index in [1.54, 1.807) is 36.4 Å². The zero-order chi connectivity index (χ0) is 13.7. The lowest BCUT2D eigenvalue weighted by molar-refractivity contribution is 0.279. The van der Waals surface area contributed by atoms with Gasteiger partial charge in [0.15, 0.2) is 11.5 Å². The molecule has 0 saturated carbocycles. The third-order valence-electron chi connectivity index (χ3n) is 2.65. The molecular weight excluding hydrogens is 245 g/mol. The van der Waals surface area contributed by atoms with Crippen molar-refractivity contribution in [3.8, 4) is 17.6 Å². The molecule has 2 aromatic carbocycles. The average Bonchev–Trinajstić information content (AvgIpc) is 2.46. The summed E-state index contributed by atoms with van der Waals surface area (Å²) in [5.74, 6) is 0.446. The van der Waals surface area contributed by atoms with Gasteiger partial charge in [0.2, 0.25) is 0 Å². The average molecular weight is 257 g/mol. The van der Waals surface area contributed by atoms with Crippen LogP contribution in [0.5, 0.6) is 11.5 Å². The Hall–Kier alpha value is -2.54. The van der Waals surface area contributed by atoms with E-state index in [0.717, 1.165) is 0 Å². The van der Waals surface area contributed by atoms with Gasteiger partial charge < -0.3 is 9.47 Å². The topological polar surface area (TPSA) is 42.2 Å². The van der Waals surface area contributed by atoms with E-state index in [9.17, 15) is 4.39 Å². The summed E-state index contributed by atoms with van der Waals surface area (Å²) in [6.07, 6.45) is 0. The molecule has 2 rings (SSSR count). The van der Waals surface area contributed by atoms with E-state index in [4.69, 9.17) is 14.7 Å². The maximum absolute atomic E-state index is 13.5. The third-order valence-corrected chi connectivity index (χ3v) is 2.65. The fraction of sp³-hybridized carbons (Fsp3) is 0.133. The van der Waals surface area contributed by atoms with Crippen molar-refractivity contribution >= 4 is 0 Å². The van der Waals surface area contributed by atoms with E-state index < -0.39 is 0 Å². The van der Waals surface area contributed by atoms with Gasteiger partial charge >= 0.3 is 0 Å². The maximum Gasteiger partial charge on any atom is 0.179 e. The molecule has 0 amide bonds. The lowest BCUT2D eigenvalue weighted by Gasteiger charge is -2.12. The monoisotopic (exact) mass is 257 g/mol. The van der Waals surface area contributed by atoms with E-state index in [0.29, 0.717) is 22.6 Å². The summed E-state index contributed by atoms with van der Waals surface area (Å²) >= 11 is 0. The van der Waals surface area contributed by atoms with Gasteiger partial charge in [-0.15, -0.1) is 0 Å². The number of para-hydroxylation sites is 1. The number of rotatable bonds is 4. The van der Waals surface area contributed by atoms with Crippen LogP contribution in [0.2, 0.25) is 0 Å². The number of methoxy groups -OCH3 is 1. The van der Waals surface area contributed by atoms with Gasteiger partial charge in [0.05, 0.1) is 12.7 Å². The number of hydrogen-bond acceptors (Lipinski definition) is 3. The predicted octanol–water partition coefficient (Wildman–Crippen LogP) is 3.28. The van der Waals surface area contributed by atoms with Gasteiger partial charge in [0.25, 0.3) is 0 Å². The van der Waals surface area contributed by atoms with Gasteiger partial charge in [0.1, 0.15) is 18.5 Å². The Morgan fingerprint density at radius 2 is 1.95 bits per heavy atom. The Morgan fingerprint density at radius 3 is 2.63 bits per heavy atom. The fourth-order valence-corrected chi connectivity index (χ4v) is 1.68. The Bertz CT molecular complexity index is 620. The van der Waals surface area contributed by atoms with Gasteiger partial charge in [-0.25, -0.2) is 4.39 Å². The zero-order valence-electron chi connectivity index (χ0n) is 10.4. The molecule has 0 aromatic heterocycles. The van der Waals surface area contributed by atoms with Gasteiger partial charge in [-0.1, -0.05) is 24.3 Å². The lowest BCUT2D eigenvalue weighted by Crippen LogP contribution is -2.01. The van der Waals surface area contributed by atoms with Crippen LogP contribution >= 0.6 is 0 Å². The van der Waals surface area contributed by atoms with Crippen molar-refractivity contribution in [2.75, 3.05) is 7.11 Å². The first kappa shape index (κ1) is 12.9. The molecule has 0 atom stereocenters. The Kier molecular flexibility index (Phi) is 3.99. The first-order valence-electron chi connectivity index (χ1n) is 5.69. The van der Waals surface area contributed by atoms with Crippen LogP contribution in [-0.2, 0) is 6.61 Å². The summed E-state index contributed by atoms with van der Waals surface area (Å²) in [6, 6.07) is 13.4. The third kappa shape index (κ3) is 2.83. The lowest BCUT2D eigenvalue weighted by atomic mass is 10.2. The molecule has 0 aliphatic carbocycles. The first-order chi connectivity index (χ1) is 9.26. The Balaban J connectivity index is 2.25.